The van der Waals surface area contributed by atoms with Gasteiger partial charge in [0.05, 0.1) is 24.8 Å². The molecule has 11 nitrogen and oxygen atoms in total. The second-order valence-corrected chi connectivity index (χ2v) is 11.2. The van der Waals surface area contributed by atoms with E-state index in [-0.39, 0.29) is 22.1 Å². The van der Waals surface area contributed by atoms with Crippen molar-refractivity contribution in [3.8, 4) is 0 Å². The van der Waals surface area contributed by atoms with Gasteiger partial charge < -0.3 is 10.2 Å². The van der Waals surface area contributed by atoms with Crippen LogP contribution in [0.2, 0.25) is 0 Å². The molecule has 2 aliphatic rings. The number of carbonyl (C=O) groups excluding carboxylic acids is 3. The number of pyridine rings is 1. The first kappa shape index (κ1) is 24.5. The molecule has 2 aliphatic heterocycles. The highest BCUT2D eigenvalue weighted by Crippen LogP contribution is 2.27. The number of carbonyl (C=O) groups is 3. The molecule has 0 atom stereocenters. The Morgan fingerprint density at radius 2 is 1.95 bits per heavy atom. The predicted octanol–water partition coefficient (Wildman–Crippen LogP) is 2.21. The van der Waals surface area contributed by atoms with Gasteiger partial charge in [-0.2, -0.15) is 4.39 Å². The number of halogens is 1. The summed E-state index contributed by atoms with van der Waals surface area (Å²) < 4.78 is 38.9. The Balaban J connectivity index is 1.29. The number of anilines is 2. The summed E-state index contributed by atoms with van der Waals surface area (Å²) in [6, 6.07) is 8.92. The number of nitrogens with zero attached hydrogens (tertiary/aromatic N) is 4. The van der Waals surface area contributed by atoms with E-state index in [2.05, 4.69) is 15.3 Å². The number of nitrogens with one attached hydrogen (secondary N) is 2. The molecule has 0 radical (unpaired) electrons. The van der Waals surface area contributed by atoms with Crippen molar-refractivity contribution in [3.05, 3.63) is 70.5 Å². The molecule has 0 unspecified atom stereocenters. The molecular formula is C23H19FN6O5S2. The van der Waals surface area contributed by atoms with Crippen LogP contribution in [0.3, 0.4) is 0 Å². The van der Waals surface area contributed by atoms with Crippen molar-refractivity contribution < 1.29 is 27.2 Å². The number of fused-ring (bicyclic) bond motifs is 1. The van der Waals surface area contributed by atoms with E-state index in [9.17, 15) is 27.2 Å². The van der Waals surface area contributed by atoms with E-state index < -0.39 is 33.0 Å². The number of benzene rings is 1. The molecule has 2 N–H and O–H groups in total. The fraction of sp³-hybridized carbons (Fsp3) is 0.174. The SMILES string of the molecule is CN1CCN=C1c1ccc2c(c1)CC(=O)N(c1ccc(NC(=O)NS(=O)(=O)c3ccc(F)s3)cn1)C2=O. The van der Waals surface area contributed by atoms with Gasteiger partial charge in [0.15, 0.2) is 5.13 Å². The van der Waals surface area contributed by atoms with Crippen molar-refractivity contribution in [1.29, 1.82) is 0 Å². The molecule has 0 saturated heterocycles. The molecule has 0 fully saturated rings. The van der Waals surface area contributed by atoms with E-state index in [1.807, 2.05) is 11.9 Å². The summed E-state index contributed by atoms with van der Waals surface area (Å²) in [6.07, 6.45) is 1.18. The largest absolute Gasteiger partial charge is 0.358 e. The summed E-state index contributed by atoms with van der Waals surface area (Å²) in [5, 5.41) is 1.59. The molecule has 1 aromatic carbocycles. The van der Waals surface area contributed by atoms with Crippen LogP contribution in [0, 0.1) is 5.13 Å². The van der Waals surface area contributed by atoms with Crippen molar-refractivity contribution in [2.75, 3.05) is 30.4 Å². The van der Waals surface area contributed by atoms with E-state index in [0.29, 0.717) is 29.0 Å². The Labute approximate surface area is 214 Å². The van der Waals surface area contributed by atoms with Crippen LogP contribution in [0.5, 0.6) is 0 Å². The van der Waals surface area contributed by atoms with Crippen LogP contribution >= 0.6 is 11.3 Å². The maximum absolute atomic E-state index is 13.1. The maximum atomic E-state index is 13.1. The number of thiophene rings is 1. The zero-order valence-corrected chi connectivity index (χ0v) is 20.9. The molecule has 0 aliphatic carbocycles. The minimum absolute atomic E-state index is 0.00281. The first-order valence-electron chi connectivity index (χ1n) is 10.9. The lowest BCUT2D eigenvalue weighted by molar-refractivity contribution is -0.117. The Morgan fingerprint density at radius 3 is 2.59 bits per heavy atom. The third kappa shape index (κ3) is 4.80. The standard InChI is InChI=1S/C23H19FN6O5S2/c1-29-9-8-25-21(29)13-2-4-16-14(10-13)11-19(31)30(22(16)32)18-6-3-15(12-26-18)27-23(33)28-37(34,35)20-7-5-17(24)36-20/h2-7,10,12H,8-9,11H2,1H3,(H2,27,28,33). The highest BCUT2D eigenvalue weighted by atomic mass is 32.2. The smallest absolute Gasteiger partial charge is 0.333 e. The number of amides is 4. The van der Waals surface area contributed by atoms with Crippen LogP contribution in [0.1, 0.15) is 21.5 Å². The number of hydrogen-bond donors (Lipinski definition) is 2. The summed E-state index contributed by atoms with van der Waals surface area (Å²) in [5.74, 6) is -0.122. The lowest BCUT2D eigenvalue weighted by Gasteiger charge is -2.26. The molecule has 2 aromatic heterocycles. The van der Waals surface area contributed by atoms with Crippen LogP contribution in [0.4, 0.5) is 20.7 Å². The number of imide groups is 1. The van der Waals surface area contributed by atoms with Gasteiger partial charge in [0.2, 0.25) is 5.91 Å². The van der Waals surface area contributed by atoms with E-state index in [4.69, 9.17) is 0 Å². The molecule has 14 heteroatoms. The van der Waals surface area contributed by atoms with Crippen LogP contribution < -0.4 is 14.9 Å². The zero-order valence-electron chi connectivity index (χ0n) is 19.3. The van der Waals surface area contributed by atoms with Crippen molar-refractivity contribution in [2.24, 2.45) is 4.99 Å². The molecule has 3 aromatic rings. The second kappa shape index (κ2) is 9.37. The van der Waals surface area contributed by atoms with Crippen LogP contribution in [0.15, 0.2) is 57.9 Å². The summed E-state index contributed by atoms with van der Waals surface area (Å²) in [4.78, 5) is 49.7. The monoisotopic (exact) mass is 542 g/mol. The van der Waals surface area contributed by atoms with E-state index in [0.717, 1.165) is 35.0 Å². The Bertz CT molecular complexity index is 1570. The van der Waals surface area contributed by atoms with Crippen molar-refractivity contribution in [1.82, 2.24) is 14.6 Å². The fourth-order valence-electron chi connectivity index (χ4n) is 4.00. The predicted molar refractivity (Wildman–Crippen MR) is 134 cm³/mol. The number of urea groups is 1. The lowest BCUT2D eigenvalue weighted by Crippen LogP contribution is -2.43. The van der Waals surface area contributed by atoms with E-state index in [1.165, 1.54) is 18.3 Å². The third-order valence-electron chi connectivity index (χ3n) is 5.72. The molecule has 4 heterocycles. The summed E-state index contributed by atoms with van der Waals surface area (Å²) >= 11 is 0.377. The topological polar surface area (TPSA) is 141 Å². The van der Waals surface area contributed by atoms with Crippen LogP contribution in [-0.2, 0) is 21.2 Å². The van der Waals surface area contributed by atoms with Gasteiger partial charge in [0, 0.05) is 24.7 Å². The number of hydrogen-bond acceptors (Lipinski definition) is 9. The van der Waals surface area contributed by atoms with Crippen molar-refractivity contribution in [2.45, 2.75) is 10.6 Å². The molecule has 190 valence electrons. The van der Waals surface area contributed by atoms with Gasteiger partial charge in [0.25, 0.3) is 15.9 Å². The van der Waals surface area contributed by atoms with E-state index >= 15 is 0 Å². The molecule has 0 bridgehead atoms. The number of amidine groups is 1. The van der Waals surface area contributed by atoms with Crippen molar-refractivity contribution >= 4 is 56.5 Å². The quantitative estimate of drug-likeness (QED) is 0.471. The molecule has 37 heavy (non-hydrogen) atoms. The van der Waals surface area contributed by atoms with Gasteiger partial charge in [-0.1, -0.05) is 17.4 Å². The summed E-state index contributed by atoms with van der Waals surface area (Å²) in [5.41, 5.74) is 1.93. The average molecular weight is 543 g/mol. The molecule has 0 saturated carbocycles. The Kier molecular flexibility index (Phi) is 6.21. The molecule has 0 spiro atoms. The zero-order chi connectivity index (χ0) is 26.3. The van der Waals surface area contributed by atoms with Crippen molar-refractivity contribution in [3.63, 3.8) is 0 Å². The average Bonchev–Trinajstić information content (AvgIpc) is 3.48. The summed E-state index contributed by atoms with van der Waals surface area (Å²) in [7, 11) is -2.32. The molecule has 5 rings (SSSR count). The fourth-order valence-corrected chi connectivity index (χ4v) is 5.91. The number of aliphatic imine (C=N–C) groups is 1. The second-order valence-electron chi connectivity index (χ2n) is 8.23. The number of rotatable bonds is 5. The summed E-state index contributed by atoms with van der Waals surface area (Å²) in [6.45, 7) is 1.50. The number of sulfonamides is 1. The molecular weight excluding hydrogens is 523 g/mol. The van der Waals surface area contributed by atoms with Crippen LogP contribution in [-0.4, -0.2) is 62.1 Å². The van der Waals surface area contributed by atoms with Gasteiger partial charge in [-0.3, -0.25) is 14.6 Å². The maximum Gasteiger partial charge on any atom is 0.333 e. The number of aromatic nitrogens is 1. The van der Waals surface area contributed by atoms with Gasteiger partial charge >= 0.3 is 6.03 Å². The van der Waals surface area contributed by atoms with Gasteiger partial charge in [0.1, 0.15) is 15.9 Å². The van der Waals surface area contributed by atoms with E-state index in [1.54, 1.807) is 22.9 Å². The minimum Gasteiger partial charge on any atom is -0.358 e. The minimum atomic E-state index is -4.25. The Hall–Kier alpha value is -4.17. The van der Waals surface area contributed by atoms with Gasteiger partial charge in [-0.25, -0.2) is 27.8 Å². The molecule has 4 amide bonds. The third-order valence-corrected chi connectivity index (χ3v) is 8.42. The first-order chi connectivity index (χ1) is 17.6. The van der Waals surface area contributed by atoms with Gasteiger partial charge in [-0.05, 0) is 42.0 Å². The highest BCUT2D eigenvalue weighted by molar-refractivity contribution is 7.92. The highest BCUT2D eigenvalue weighted by Gasteiger charge is 2.33. The lowest BCUT2D eigenvalue weighted by atomic mass is 9.95. The normalized spacial score (nSPS) is 15.5. The first-order valence-corrected chi connectivity index (χ1v) is 13.2. The van der Waals surface area contributed by atoms with Crippen LogP contribution in [0.25, 0.3) is 0 Å². The number of likely N-dealkylation sites (N-methyl/N-ethyl adjacent to an activating group) is 1. The Morgan fingerprint density at radius 1 is 1.14 bits per heavy atom. The van der Waals surface area contributed by atoms with Gasteiger partial charge in [-0.15, -0.1) is 0 Å².